The van der Waals surface area contributed by atoms with Crippen LogP contribution in [0, 0.1) is 5.82 Å². The van der Waals surface area contributed by atoms with Gasteiger partial charge in [0, 0.05) is 40.7 Å². The number of nitrogens with zero attached hydrogens (tertiary/aromatic N) is 3. The van der Waals surface area contributed by atoms with Gasteiger partial charge in [0.25, 0.3) is 5.91 Å². The summed E-state index contributed by atoms with van der Waals surface area (Å²) < 4.78 is 49.9. The maximum Gasteiger partial charge on any atom is 0.257 e. The van der Waals surface area contributed by atoms with E-state index in [1.807, 2.05) is 0 Å². The Morgan fingerprint density at radius 2 is 1.75 bits per heavy atom. The van der Waals surface area contributed by atoms with Gasteiger partial charge in [0.15, 0.2) is 21.3 Å². The maximum atomic E-state index is 16.5. The average molecular weight is 659 g/mol. The fourth-order valence-electron chi connectivity index (χ4n) is 5.47. The number of sulfone groups is 1. The molecule has 1 saturated carbocycles. The Morgan fingerprint density at radius 1 is 1.07 bits per heavy atom. The van der Waals surface area contributed by atoms with E-state index in [-0.39, 0.29) is 50.9 Å². The third kappa shape index (κ3) is 5.33. The normalized spacial score (nSPS) is 18.9. The Morgan fingerprint density at radius 3 is 2.36 bits per heavy atom. The fraction of sp³-hybridized carbons (Fsp3) is 0.258. The maximum absolute atomic E-state index is 16.5. The molecular weight excluding hydrogens is 632 g/mol. The van der Waals surface area contributed by atoms with Gasteiger partial charge in [0.2, 0.25) is 0 Å². The number of fused-ring (bicyclic) bond motifs is 1. The summed E-state index contributed by atoms with van der Waals surface area (Å²) in [7, 11) is -2.18. The molecule has 228 valence electrons. The van der Waals surface area contributed by atoms with Crippen molar-refractivity contribution in [1.82, 2.24) is 14.7 Å². The molecule has 6 rings (SSSR count). The first kappa shape index (κ1) is 30.4. The van der Waals surface area contributed by atoms with E-state index in [1.165, 1.54) is 46.2 Å². The van der Waals surface area contributed by atoms with Crippen molar-refractivity contribution in [2.75, 3.05) is 12.9 Å². The minimum Gasteiger partial charge on any atom is -0.387 e. The smallest absolute Gasteiger partial charge is 0.257 e. The van der Waals surface area contributed by atoms with E-state index < -0.39 is 38.7 Å². The second-order valence-corrected chi connectivity index (χ2v) is 14.0. The number of carbonyl (C=O) groups excluding carboxylic acids is 2. The molecule has 4 aromatic rings. The van der Waals surface area contributed by atoms with Gasteiger partial charge in [0.05, 0.1) is 46.5 Å². The Hall–Kier alpha value is -3.61. The highest BCUT2D eigenvalue weighted by atomic mass is 35.5. The predicted octanol–water partition coefficient (Wildman–Crippen LogP) is 4.90. The van der Waals surface area contributed by atoms with E-state index in [9.17, 15) is 23.1 Å². The molecule has 1 aliphatic heterocycles. The van der Waals surface area contributed by atoms with Gasteiger partial charge in [-0.2, -0.15) is 5.10 Å². The third-order valence-electron chi connectivity index (χ3n) is 7.88. The van der Waals surface area contributed by atoms with E-state index in [2.05, 4.69) is 5.10 Å². The second kappa shape index (κ2) is 10.8. The van der Waals surface area contributed by atoms with E-state index in [4.69, 9.17) is 27.9 Å². The van der Waals surface area contributed by atoms with E-state index in [1.54, 1.807) is 31.3 Å². The van der Waals surface area contributed by atoms with Crippen molar-refractivity contribution in [2.45, 2.75) is 35.6 Å². The largest absolute Gasteiger partial charge is 0.387 e. The van der Waals surface area contributed by atoms with Crippen molar-refractivity contribution >= 4 is 44.7 Å². The number of aliphatic hydroxyl groups is 1. The fourth-order valence-corrected chi connectivity index (χ4v) is 6.79. The van der Waals surface area contributed by atoms with Crippen LogP contribution < -0.4 is 0 Å². The third-order valence-corrected chi connectivity index (χ3v) is 9.55. The highest BCUT2D eigenvalue weighted by Gasteiger charge is 2.56. The molecule has 1 fully saturated rings. The zero-order valence-electron chi connectivity index (χ0n) is 23.6. The molecular formula is C31H26Cl2FN3O6S. The van der Waals surface area contributed by atoms with Crippen LogP contribution in [0.15, 0.2) is 71.9 Å². The number of aryl methyl sites for hydroxylation is 1. The van der Waals surface area contributed by atoms with Crippen molar-refractivity contribution in [3.05, 3.63) is 116 Å². The monoisotopic (exact) mass is 657 g/mol. The van der Waals surface area contributed by atoms with E-state index in [0.717, 1.165) is 12.3 Å². The summed E-state index contributed by atoms with van der Waals surface area (Å²) in [4.78, 5) is 28.8. The number of hydrogen-bond donors (Lipinski definition) is 1. The minimum absolute atomic E-state index is 0.0846. The van der Waals surface area contributed by atoms with Gasteiger partial charge in [0.1, 0.15) is 5.82 Å². The van der Waals surface area contributed by atoms with Crippen molar-refractivity contribution in [2.24, 2.45) is 7.05 Å². The molecule has 44 heavy (non-hydrogen) atoms. The lowest BCUT2D eigenvalue weighted by molar-refractivity contribution is -0.139. The molecule has 0 bridgehead atoms. The summed E-state index contributed by atoms with van der Waals surface area (Å²) >= 11 is 12.3. The molecule has 0 saturated heterocycles. The van der Waals surface area contributed by atoms with Crippen LogP contribution in [-0.2, 0) is 33.9 Å². The molecule has 2 heterocycles. The van der Waals surface area contributed by atoms with Crippen LogP contribution >= 0.6 is 23.2 Å². The number of carbonyl (C=O) groups is 2. The molecule has 1 unspecified atom stereocenters. The topological polar surface area (TPSA) is 119 Å². The molecule has 1 aliphatic carbocycles. The zero-order valence-corrected chi connectivity index (χ0v) is 25.9. The van der Waals surface area contributed by atoms with Crippen molar-refractivity contribution in [1.29, 1.82) is 0 Å². The quantitative estimate of drug-likeness (QED) is 0.254. The number of ketones is 1. The Labute approximate surface area is 262 Å². The number of aromatic nitrogens is 2. The number of ether oxygens (including phenoxy) is 1. The molecule has 1 amide bonds. The average Bonchev–Trinajstić information content (AvgIpc) is 3.46. The Balaban J connectivity index is 1.58. The number of halogens is 3. The first-order valence-corrected chi connectivity index (χ1v) is 16.2. The SMILES string of the molecule is Cn1cc(C(=O)c2cc(F)c3c(c2)C(=O)N(Cc2ccc(Cl)cc2S(C)(=O)=O)C3(OCC2(O)CC2)c2ccc(Cl)cc2)cn1. The molecule has 1 atom stereocenters. The van der Waals surface area contributed by atoms with Gasteiger partial charge in [-0.15, -0.1) is 0 Å². The lowest BCUT2D eigenvalue weighted by atomic mass is 9.90. The standard InChI is InChI=1S/C31H26Cl2FN3O6S/c1-36-15-20(14-35-36)28(38)19-11-24-27(25(34)12-19)31(43-17-30(40)9-10-30,21-4-7-22(32)8-5-21)37(29(24)39)16-18-3-6-23(33)13-26(18)44(2,41)42/h3-8,11-15,40H,9-10,16-17H2,1-2H3. The van der Waals surface area contributed by atoms with Crippen molar-refractivity contribution < 1.29 is 32.2 Å². The van der Waals surface area contributed by atoms with Crippen LogP contribution in [0.3, 0.4) is 0 Å². The van der Waals surface area contributed by atoms with Gasteiger partial charge in [-0.3, -0.25) is 19.2 Å². The summed E-state index contributed by atoms with van der Waals surface area (Å²) in [6, 6.07) is 12.8. The summed E-state index contributed by atoms with van der Waals surface area (Å²) in [5.74, 6) is -2.16. The molecule has 2 aliphatic rings. The number of benzene rings is 3. The summed E-state index contributed by atoms with van der Waals surface area (Å²) in [6.07, 6.45) is 4.73. The molecule has 13 heteroatoms. The Kier molecular flexibility index (Phi) is 7.45. The predicted molar refractivity (Wildman–Crippen MR) is 160 cm³/mol. The van der Waals surface area contributed by atoms with E-state index in [0.29, 0.717) is 23.4 Å². The van der Waals surface area contributed by atoms with Gasteiger partial charge in [-0.1, -0.05) is 41.4 Å². The van der Waals surface area contributed by atoms with Gasteiger partial charge in [-0.05, 0) is 54.8 Å². The number of amides is 1. The van der Waals surface area contributed by atoms with Crippen LogP contribution in [0.2, 0.25) is 10.0 Å². The molecule has 1 N–H and O–H groups in total. The van der Waals surface area contributed by atoms with Crippen LogP contribution in [0.5, 0.6) is 0 Å². The summed E-state index contributed by atoms with van der Waals surface area (Å²) in [6.45, 7) is -0.604. The zero-order chi connectivity index (χ0) is 31.6. The first-order valence-electron chi connectivity index (χ1n) is 13.5. The van der Waals surface area contributed by atoms with Crippen LogP contribution in [-0.4, -0.2) is 58.4 Å². The Bertz CT molecular complexity index is 1940. The lowest BCUT2D eigenvalue weighted by Gasteiger charge is -2.40. The van der Waals surface area contributed by atoms with Crippen molar-refractivity contribution in [3.8, 4) is 0 Å². The van der Waals surface area contributed by atoms with Crippen LogP contribution in [0.4, 0.5) is 4.39 Å². The van der Waals surface area contributed by atoms with Crippen LogP contribution in [0.1, 0.15) is 55.8 Å². The minimum atomic E-state index is -3.82. The second-order valence-electron chi connectivity index (χ2n) is 11.2. The van der Waals surface area contributed by atoms with Gasteiger partial charge < -0.3 is 9.84 Å². The molecule has 0 spiro atoms. The molecule has 0 radical (unpaired) electrons. The number of hydrogen-bond acceptors (Lipinski definition) is 7. The highest BCUT2D eigenvalue weighted by molar-refractivity contribution is 7.90. The van der Waals surface area contributed by atoms with Gasteiger partial charge in [-0.25, -0.2) is 12.8 Å². The lowest BCUT2D eigenvalue weighted by Crippen LogP contribution is -2.48. The van der Waals surface area contributed by atoms with Gasteiger partial charge >= 0.3 is 0 Å². The van der Waals surface area contributed by atoms with Crippen LogP contribution in [0.25, 0.3) is 0 Å². The first-order chi connectivity index (χ1) is 20.7. The molecule has 1 aromatic heterocycles. The summed E-state index contributed by atoms with van der Waals surface area (Å²) in [5, 5.41) is 15.3. The van der Waals surface area contributed by atoms with E-state index >= 15 is 4.39 Å². The molecule has 3 aromatic carbocycles. The van der Waals surface area contributed by atoms with Crippen molar-refractivity contribution in [3.63, 3.8) is 0 Å². The molecule has 9 nitrogen and oxygen atoms in total. The summed E-state index contributed by atoms with van der Waals surface area (Å²) in [5.41, 5.74) is -2.85. The highest BCUT2D eigenvalue weighted by Crippen LogP contribution is 2.50. The number of rotatable bonds is 9.